The Balaban J connectivity index is 2.41. The molecule has 0 unspecified atom stereocenters. The van der Waals surface area contributed by atoms with E-state index in [1.54, 1.807) is 11.8 Å². The van der Waals surface area contributed by atoms with Crippen LogP contribution in [0.2, 0.25) is 0 Å². The van der Waals surface area contributed by atoms with Crippen molar-refractivity contribution in [3.8, 4) is 0 Å². The van der Waals surface area contributed by atoms with Gasteiger partial charge in [-0.15, -0.1) is 0 Å². The lowest BCUT2D eigenvalue weighted by Gasteiger charge is -2.10. The van der Waals surface area contributed by atoms with Gasteiger partial charge in [-0.3, -0.25) is 4.79 Å². The minimum absolute atomic E-state index is 0.162. The summed E-state index contributed by atoms with van der Waals surface area (Å²) in [4.78, 5) is 12.3. The van der Waals surface area contributed by atoms with Crippen molar-refractivity contribution < 1.29 is 4.79 Å². The maximum absolute atomic E-state index is 10.5. The molecule has 0 aliphatic carbocycles. The van der Waals surface area contributed by atoms with E-state index < -0.39 is 0 Å². The molecule has 8 heavy (non-hydrogen) atoms. The monoisotopic (exact) mass is 111 g/mol. The highest BCUT2D eigenvalue weighted by atomic mass is 16.2. The van der Waals surface area contributed by atoms with Crippen LogP contribution in [0.15, 0.2) is 12.2 Å². The Kier molecular flexibility index (Phi) is 1.33. The van der Waals surface area contributed by atoms with Gasteiger partial charge in [-0.05, 0) is 0 Å². The quantitative estimate of drug-likeness (QED) is 0.414. The maximum atomic E-state index is 10.5. The molecule has 1 amide bonds. The van der Waals surface area contributed by atoms with E-state index in [1.165, 1.54) is 0 Å². The van der Waals surface area contributed by atoms with Crippen molar-refractivity contribution in [2.75, 3.05) is 13.1 Å². The molecule has 1 aliphatic heterocycles. The number of carbonyl (C=O) groups excluding carboxylic acids is 1. The third-order valence-corrected chi connectivity index (χ3v) is 1.26. The molecule has 0 aromatic heterocycles. The van der Waals surface area contributed by atoms with Gasteiger partial charge in [0.05, 0.1) is 0 Å². The minimum Gasteiger partial charge on any atom is -0.335 e. The molecule has 1 aliphatic rings. The first-order valence-corrected chi connectivity index (χ1v) is 2.71. The van der Waals surface area contributed by atoms with Gasteiger partial charge in [0.2, 0.25) is 5.91 Å². The van der Waals surface area contributed by atoms with Crippen LogP contribution in [0.1, 0.15) is 6.92 Å². The van der Waals surface area contributed by atoms with Crippen molar-refractivity contribution in [2.45, 2.75) is 6.92 Å². The van der Waals surface area contributed by atoms with Gasteiger partial charge in [0.15, 0.2) is 0 Å². The van der Waals surface area contributed by atoms with Crippen molar-refractivity contribution >= 4 is 5.91 Å². The first-order chi connectivity index (χ1) is 3.80. The number of carbonyl (C=O) groups is 1. The van der Waals surface area contributed by atoms with E-state index in [2.05, 4.69) is 0 Å². The van der Waals surface area contributed by atoms with Crippen LogP contribution in [0.4, 0.5) is 0 Å². The summed E-state index contributed by atoms with van der Waals surface area (Å²) in [6, 6.07) is 0. The van der Waals surface area contributed by atoms with Gasteiger partial charge in [0.25, 0.3) is 0 Å². The van der Waals surface area contributed by atoms with Crippen LogP contribution in [0.25, 0.3) is 0 Å². The van der Waals surface area contributed by atoms with Crippen molar-refractivity contribution in [3.05, 3.63) is 12.2 Å². The molecule has 44 valence electrons. The Morgan fingerprint density at radius 3 is 2.25 bits per heavy atom. The molecule has 2 heteroatoms. The molecular weight excluding hydrogens is 102 g/mol. The Labute approximate surface area is 48.8 Å². The second kappa shape index (κ2) is 1.99. The molecule has 0 atom stereocenters. The molecule has 1 rings (SSSR count). The van der Waals surface area contributed by atoms with Gasteiger partial charge in [0.1, 0.15) is 0 Å². The summed E-state index contributed by atoms with van der Waals surface area (Å²) < 4.78 is 0. The zero-order valence-electron chi connectivity index (χ0n) is 4.92. The van der Waals surface area contributed by atoms with Crippen LogP contribution in [-0.2, 0) is 4.79 Å². The van der Waals surface area contributed by atoms with Gasteiger partial charge in [-0.1, -0.05) is 12.2 Å². The lowest BCUT2D eigenvalue weighted by atomic mass is 10.6. The van der Waals surface area contributed by atoms with Crippen LogP contribution in [-0.4, -0.2) is 23.9 Å². The van der Waals surface area contributed by atoms with Crippen molar-refractivity contribution in [2.24, 2.45) is 0 Å². The SMILES string of the molecule is CC(=O)N1CC=CC1. The smallest absolute Gasteiger partial charge is 0.220 e. The molecule has 0 aromatic carbocycles. The normalized spacial score (nSPS) is 17.4. The molecule has 0 spiro atoms. The number of hydrogen-bond acceptors (Lipinski definition) is 1. The van der Waals surface area contributed by atoms with Crippen molar-refractivity contribution in [1.29, 1.82) is 0 Å². The predicted octanol–water partition coefficient (Wildman–Crippen LogP) is 0.405. The second-order valence-electron chi connectivity index (χ2n) is 1.90. The summed E-state index contributed by atoms with van der Waals surface area (Å²) >= 11 is 0. The lowest BCUT2D eigenvalue weighted by Crippen LogP contribution is -2.24. The Morgan fingerprint density at radius 2 is 2.00 bits per heavy atom. The molecule has 0 saturated heterocycles. The van der Waals surface area contributed by atoms with Crippen LogP contribution in [0.3, 0.4) is 0 Å². The van der Waals surface area contributed by atoms with Gasteiger partial charge < -0.3 is 4.90 Å². The zero-order chi connectivity index (χ0) is 5.98. The van der Waals surface area contributed by atoms with Gasteiger partial charge in [0, 0.05) is 20.0 Å². The molecular formula is C6H9NO. The standard InChI is InChI=1S/C6H9NO/c1-6(8)7-4-2-3-5-7/h2-3H,4-5H2,1H3. The maximum Gasteiger partial charge on any atom is 0.220 e. The Morgan fingerprint density at radius 1 is 1.50 bits per heavy atom. The van der Waals surface area contributed by atoms with E-state index in [1.807, 2.05) is 12.2 Å². The van der Waals surface area contributed by atoms with E-state index in [4.69, 9.17) is 0 Å². The summed E-state index contributed by atoms with van der Waals surface area (Å²) in [5.41, 5.74) is 0. The molecule has 2 nitrogen and oxygen atoms in total. The topological polar surface area (TPSA) is 20.3 Å². The van der Waals surface area contributed by atoms with Gasteiger partial charge in [-0.25, -0.2) is 0 Å². The minimum atomic E-state index is 0.162. The van der Waals surface area contributed by atoms with Gasteiger partial charge in [-0.2, -0.15) is 0 Å². The Hall–Kier alpha value is -0.790. The zero-order valence-corrected chi connectivity index (χ0v) is 4.92. The van der Waals surface area contributed by atoms with Crippen LogP contribution >= 0.6 is 0 Å². The predicted molar refractivity (Wildman–Crippen MR) is 31.4 cm³/mol. The van der Waals surface area contributed by atoms with E-state index in [0.29, 0.717) is 0 Å². The highest BCUT2D eigenvalue weighted by Crippen LogP contribution is 1.97. The van der Waals surface area contributed by atoms with Gasteiger partial charge >= 0.3 is 0 Å². The summed E-state index contributed by atoms with van der Waals surface area (Å²) in [5.74, 6) is 0.162. The van der Waals surface area contributed by atoms with Crippen molar-refractivity contribution in [1.82, 2.24) is 4.90 Å². The lowest BCUT2D eigenvalue weighted by molar-refractivity contribution is -0.127. The fourth-order valence-electron chi connectivity index (χ4n) is 0.735. The number of amides is 1. The molecule has 0 bridgehead atoms. The highest BCUT2D eigenvalue weighted by Gasteiger charge is 2.06. The largest absolute Gasteiger partial charge is 0.335 e. The molecule has 0 radical (unpaired) electrons. The second-order valence-corrected chi connectivity index (χ2v) is 1.90. The first kappa shape index (κ1) is 5.35. The summed E-state index contributed by atoms with van der Waals surface area (Å²) in [6.45, 7) is 3.19. The van der Waals surface area contributed by atoms with Crippen LogP contribution < -0.4 is 0 Å². The fourth-order valence-corrected chi connectivity index (χ4v) is 0.735. The van der Waals surface area contributed by atoms with E-state index >= 15 is 0 Å². The van der Waals surface area contributed by atoms with Crippen molar-refractivity contribution in [3.63, 3.8) is 0 Å². The third kappa shape index (κ3) is 0.886. The summed E-state index contributed by atoms with van der Waals surface area (Å²) in [5, 5.41) is 0. The highest BCUT2D eigenvalue weighted by molar-refractivity contribution is 5.74. The number of rotatable bonds is 0. The van der Waals surface area contributed by atoms with Crippen LogP contribution in [0.5, 0.6) is 0 Å². The van der Waals surface area contributed by atoms with E-state index in [9.17, 15) is 4.79 Å². The van der Waals surface area contributed by atoms with E-state index in [-0.39, 0.29) is 5.91 Å². The summed E-state index contributed by atoms with van der Waals surface area (Å²) in [6.07, 6.45) is 4.00. The fraction of sp³-hybridized carbons (Fsp3) is 0.500. The molecule has 0 aromatic rings. The number of hydrogen-bond donors (Lipinski definition) is 0. The average molecular weight is 111 g/mol. The average Bonchev–Trinajstić information content (AvgIpc) is 2.12. The molecule has 0 fully saturated rings. The van der Waals surface area contributed by atoms with Crippen LogP contribution in [0, 0.1) is 0 Å². The first-order valence-electron chi connectivity index (χ1n) is 2.71. The number of nitrogens with zero attached hydrogens (tertiary/aromatic N) is 1. The molecule has 0 saturated carbocycles. The third-order valence-electron chi connectivity index (χ3n) is 1.26. The van der Waals surface area contributed by atoms with E-state index in [0.717, 1.165) is 13.1 Å². The Bertz CT molecular complexity index is 120. The molecule has 1 heterocycles. The molecule has 0 N–H and O–H groups in total. The summed E-state index contributed by atoms with van der Waals surface area (Å²) in [7, 11) is 0.